The van der Waals surface area contributed by atoms with E-state index in [-0.39, 0.29) is 11.6 Å². The molecule has 0 saturated heterocycles. The monoisotopic (exact) mass is 283 g/mol. The van der Waals surface area contributed by atoms with E-state index in [0.717, 1.165) is 19.3 Å². The SMILES string of the molecule is CC(NC(=O)c1cc(F)c(F)cc1C(=O)O)C1CCC1. The van der Waals surface area contributed by atoms with E-state index in [1.807, 2.05) is 6.92 Å². The summed E-state index contributed by atoms with van der Waals surface area (Å²) in [5.41, 5.74) is -0.898. The van der Waals surface area contributed by atoms with Crippen molar-refractivity contribution in [3.8, 4) is 0 Å². The number of carbonyl (C=O) groups is 2. The number of amides is 1. The van der Waals surface area contributed by atoms with Crippen molar-refractivity contribution in [1.29, 1.82) is 0 Å². The second-order valence-corrected chi connectivity index (χ2v) is 5.07. The predicted molar refractivity (Wildman–Crippen MR) is 67.6 cm³/mol. The minimum absolute atomic E-state index is 0.119. The molecule has 1 aromatic carbocycles. The molecule has 4 nitrogen and oxygen atoms in total. The third-order valence-electron chi connectivity index (χ3n) is 3.75. The molecule has 0 aliphatic heterocycles. The second-order valence-electron chi connectivity index (χ2n) is 5.07. The van der Waals surface area contributed by atoms with Crippen LogP contribution in [0.5, 0.6) is 0 Å². The third-order valence-corrected chi connectivity index (χ3v) is 3.75. The van der Waals surface area contributed by atoms with Gasteiger partial charge < -0.3 is 10.4 Å². The largest absolute Gasteiger partial charge is 0.478 e. The van der Waals surface area contributed by atoms with Gasteiger partial charge in [0, 0.05) is 6.04 Å². The Bertz CT molecular complexity index is 556. The number of aromatic carboxylic acids is 1. The molecular weight excluding hydrogens is 268 g/mol. The number of hydrogen-bond donors (Lipinski definition) is 2. The number of benzene rings is 1. The molecule has 1 aliphatic rings. The van der Waals surface area contributed by atoms with Gasteiger partial charge in [-0.05, 0) is 37.8 Å². The molecule has 1 fully saturated rings. The molecule has 6 heteroatoms. The van der Waals surface area contributed by atoms with Gasteiger partial charge in [-0.1, -0.05) is 6.42 Å². The van der Waals surface area contributed by atoms with Crippen LogP contribution in [0.15, 0.2) is 12.1 Å². The summed E-state index contributed by atoms with van der Waals surface area (Å²) in [6.45, 7) is 1.82. The lowest BCUT2D eigenvalue weighted by Crippen LogP contribution is -2.41. The molecular formula is C14H15F2NO3. The molecule has 0 heterocycles. The number of nitrogens with one attached hydrogen (secondary N) is 1. The summed E-state index contributed by atoms with van der Waals surface area (Å²) >= 11 is 0. The van der Waals surface area contributed by atoms with Gasteiger partial charge in [-0.2, -0.15) is 0 Å². The predicted octanol–water partition coefficient (Wildman–Crippen LogP) is 2.58. The molecule has 0 radical (unpaired) electrons. The van der Waals surface area contributed by atoms with Gasteiger partial charge in [0.2, 0.25) is 0 Å². The van der Waals surface area contributed by atoms with Gasteiger partial charge >= 0.3 is 5.97 Å². The van der Waals surface area contributed by atoms with Crippen molar-refractivity contribution < 1.29 is 23.5 Å². The first-order chi connectivity index (χ1) is 9.40. The summed E-state index contributed by atoms with van der Waals surface area (Å²) in [6.07, 6.45) is 3.12. The average Bonchev–Trinajstić information content (AvgIpc) is 2.29. The van der Waals surface area contributed by atoms with E-state index in [0.29, 0.717) is 18.1 Å². The van der Waals surface area contributed by atoms with E-state index < -0.39 is 29.1 Å². The van der Waals surface area contributed by atoms with Crippen molar-refractivity contribution in [2.24, 2.45) is 5.92 Å². The Balaban J connectivity index is 2.23. The van der Waals surface area contributed by atoms with Gasteiger partial charge in [-0.25, -0.2) is 13.6 Å². The lowest BCUT2D eigenvalue weighted by molar-refractivity contribution is 0.0689. The molecule has 0 aromatic heterocycles. The van der Waals surface area contributed by atoms with Crippen molar-refractivity contribution in [2.75, 3.05) is 0 Å². The van der Waals surface area contributed by atoms with Gasteiger partial charge in [0.05, 0.1) is 11.1 Å². The lowest BCUT2D eigenvalue weighted by atomic mass is 9.80. The first-order valence-corrected chi connectivity index (χ1v) is 6.43. The van der Waals surface area contributed by atoms with Crippen molar-refractivity contribution in [3.63, 3.8) is 0 Å². The Morgan fingerprint density at radius 2 is 1.80 bits per heavy atom. The Labute approximate surface area is 114 Å². The molecule has 1 saturated carbocycles. The number of hydrogen-bond acceptors (Lipinski definition) is 2. The number of rotatable bonds is 4. The lowest BCUT2D eigenvalue weighted by Gasteiger charge is -2.32. The zero-order valence-corrected chi connectivity index (χ0v) is 11.0. The van der Waals surface area contributed by atoms with Crippen LogP contribution in [0.1, 0.15) is 46.9 Å². The molecule has 2 rings (SSSR count). The zero-order chi connectivity index (χ0) is 14.9. The van der Waals surface area contributed by atoms with Gasteiger partial charge in [0.15, 0.2) is 11.6 Å². The highest BCUT2D eigenvalue weighted by Crippen LogP contribution is 2.29. The molecule has 1 amide bonds. The summed E-state index contributed by atoms with van der Waals surface area (Å²) in [4.78, 5) is 23.0. The number of halogens is 2. The molecule has 20 heavy (non-hydrogen) atoms. The fraction of sp³-hybridized carbons (Fsp3) is 0.429. The first-order valence-electron chi connectivity index (χ1n) is 6.43. The second kappa shape index (κ2) is 5.56. The van der Waals surface area contributed by atoms with Gasteiger partial charge in [-0.3, -0.25) is 4.79 Å². The van der Waals surface area contributed by atoms with Crippen LogP contribution in [0.4, 0.5) is 8.78 Å². The highest BCUT2D eigenvalue weighted by molar-refractivity contribution is 6.04. The summed E-state index contributed by atoms with van der Waals surface area (Å²) in [5.74, 6) is -4.33. The van der Waals surface area contributed by atoms with Gasteiger partial charge in [0.1, 0.15) is 0 Å². The number of carboxylic acids is 1. The molecule has 1 atom stereocenters. The van der Waals surface area contributed by atoms with Crippen molar-refractivity contribution in [3.05, 3.63) is 34.9 Å². The van der Waals surface area contributed by atoms with Crippen LogP contribution >= 0.6 is 0 Å². The Kier molecular flexibility index (Phi) is 4.01. The maximum absolute atomic E-state index is 13.2. The molecule has 1 aromatic rings. The van der Waals surface area contributed by atoms with Gasteiger partial charge in [-0.15, -0.1) is 0 Å². The molecule has 108 valence electrons. The Hall–Kier alpha value is -1.98. The van der Waals surface area contributed by atoms with Crippen molar-refractivity contribution in [2.45, 2.75) is 32.2 Å². The van der Waals surface area contributed by atoms with E-state index in [1.54, 1.807) is 0 Å². The highest BCUT2D eigenvalue weighted by Gasteiger charge is 2.27. The van der Waals surface area contributed by atoms with E-state index in [2.05, 4.69) is 5.32 Å². The molecule has 2 N–H and O–H groups in total. The first kappa shape index (κ1) is 14.4. The van der Waals surface area contributed by atoms with E-state index >= 15 is 0 Å². The van der Waals surface area contributed by atoms with Gasteiger partial charge in [0.25, 0.3) is 5.91 Å². The van der Waals surface area contributed by atoms with Crippen LogP contribution in [-0.4, -0.2) is 23.0 Å². The van der Waals surface area contributed by atoms with Crippen LogP contribution < -0.4 is 5.32 Å². The van der Waals surface area contributed by atoms with Crippen LogP contribution in [0, 0.1) is 17.6 Å². The van der Waals surface area contributed by atoms with Crippen molar-refractivity contribution >= 4 is 11.9 Å². The quantitative estimate of drug-likeness (QED) is 0.892. The zero-order valence-electron chi connectivity index (χ0n) is 11.0. The fourth-order valence-electron chi connectivity index (χ4n) is 2.25. The van der Waals surface area contributed by atoms with Crippen molar-refractivity contribution in [1.82, 2.24) is 5.32 Å². The normalized spacial score (nSPS) is 16.4. The summed E-state index contributed by atoms with van der Waals surface area (Å²) in [7, 11) is 0. The minimum atomic E-state index is -1.47. The third kappa shape index (κ3) is 2.79. The molecule has 0 spiro atoms. The van der Waals surface area contributed by atoms with Crippen LogP contribution in [-0.2, 0) is 0 Å². The average molecular weight is 283 g/mol. The Morgan fingerprint density at radius 3 is 2.25 bits per heavy atom. The van der Waals surface area contributed by atoms with E-state index in [4.69, 9.17) is 5.11 Å². The van der Waals surface area contributed by atoms with Crippen LogP contribution in [0.2, 0.25) is 0 Å². The van der Waals surface area contributed by atoms with E-state index in [1.165, 1.54) is 0 Å². The Morgan fingerprint density at radius 1 is 1.25 bits per heavy atom. The number of carbonyl (C=O) groups excluding carboxylic acids is 1. The summed E-state index contributed by atoms with van der Waals surface area (Å²) < 4.78 is 26.3. The van der Waals surface area contributed by atoms with Crippen LogP contribution in [0.25, 0.3) is 0 Å². The fourth-order valence-corrected chi connectivity index (χ4v) is 2.25. The molecule has 1 aliphatic carbocycles. The summed E-state index contributed by atoms with van der Waals surface area (Å²) in [5, 5.41) is 11.6. The highest BCUT2D eigenvalue weighted by atomic mass is 19.2. The molecule has 0 bridgehead atoms. The smallest absolute Gasteiger partial charge is 0.336 e. The van der Waals surface area contributed by atoms with E-state index in [9.17, 15) is 18.4 Å². The maximum atomic E-state index is 13.2. The maximum Gasteiger partial charge on any atom is 0.336 e. The standard InChI is InChI=1S/C14H15F2NO3/c1-7(8-3-2-4-8)17-13(18)9-5-11(15)12(16)6-10(9)14(19)20/h5-8H,2-4H2,1H3,(H,17,18)(H,19,20). The topological polar surface area (TPSA) is 66.4 Å². The number of carboxylic acid groups (broad SMARTS) is 1. The van der Waals surface area contributed by atoms with Crippen LogP contribution in [0.3, 0.4) is 0 Å². The molecule has 1 unspecified atom stereocenters. The minimum Gasteiger partial charge on any atom is -0.478 e. The summed E-state index contributed by atoms with van der Waals surface area (Å²) in [6, 6.07) is 1.04.